The van der Waals surface area contributed by atoms with Crippen molar-refractivity contribution >= 4 is 28.2 Å². The van der Waals surface area contributed by atoms with E-state index in [1.54, 1.807) is 6.20 Å². The van der Waals surface area contributed by atoms with Crippen molar-refractivity contribution in [1.29, 1.82) is 5.26 Å². The number of benzene rings is 1. The van der Waals surface area contributed by atoms with Crippen LogP contribution in [0.15, 0.2) is 30.5 Å². The van der Waals surface area contributed by atoms with E-state index in [1.165, 1.54) is 0 Å². The number of aromatic nitrogens is 1. The fourth-order valence-corrected chi connectivity index (χ4v) is 1.95. The van der Waals surface area contributed by atoms with Crippen LogP contribution in [0.25, 0.3) is 10.9 Å². The number of fused-ring (bicyclic) bond motifs is 1. The average molecular weight is 246 g/mol. The Morgan fingerprint density at radius 1 is 1.41 bits per heavy atom. The standard InChI is InChI=1S/C13H12ClN3/c1-17(8-2-6-15)13-5-7-16-12-4-3-10(14)9-11(12)13/h3-5,7,9H,2,8H2,1H3. The summed E-state index contributed by atoms with van der Waals surface area (Å²) in [4.78, 5) is 6.34. The Kier molecular flexibility index (Phi) is 3.46. The van der Waals surface area contributed by atoms with E-state index in [0.29, 0.717) is 18.0 Å². The molecule has 1 aromatic heterocycles. The van der Waals surface area contributed by atoms with E-state index in [2.05, 4.69) is 11.1 Å². The highest BCUT2D eigenvalue weighted by molar-refractivity contribution is 6.31. The quantitative estimate of drug-likeness (QED) is 0.834. The highest BCUT2D eigenvalue weighted by atomic mass is 35.5. The van der Waals surface area contributed by atoms with Crippen LogP contribution in [0, 0.1) is 11.3 Å². The number of hydrogen-bond acceptors (Lipinski definition) is 3. The van der Waals surface area contributed by atoms with Gasteiger partial charge >= 0.3 is 0 Å². The molecule has 0 fully saturated rings. The highest BCUT2D eigenvalue weighted by Crippen LogP contribution is 2.27. The van der Waals surface area contributed by atoms with Gasteiger partial charge in [-0.1, -0.05) is 11.6 Å². The van der Waals surface area contributed by atoms with Crippen LogP contribution < -0.4 is 4.90 Å². The SMILES string of the molecule is CN(CCC#N)c1ccnc2ccc(Cl)cc12. The van der Waals surface area contributed by atoms with Gasteiger partial charge in [-0.15, -0.1) is 0 Å². The summed E-state index contributed by atoms with van der Waals surface area (Å²) in [6.07, 6.45) is 2.27. The topological polar surface area (TPSA) is 39.9 Å². The zero-order valence-electron chi connectivity index (χ0n) is 9.52. The first-order valence-corrected chi connectivity index (χ1v) is 5.72. The summed E-state index contributed by atoms with van der Waals surface area (Å²) in [6.45, 7) is 0.697. The first-order chi connectivity index (χ1) is 8.22. The maximum atomic E-state index is 8.61. The minimum absolute atomic E-state index is 0.501. The van der Waals surface area contributed by atoms with Crippen LogP contribution in [0.1, 0.15) is 6.42 Å². The van der Waals surface area contributed by atoms with Crippen LogP contribution in [0.2, 0.25) is 5.02 Å². The van der Waals surface area contributed by atoms with Crippen LogP contribution >= 0.6 is 11.6 Å². The lowest BCUT2D eigenvalue weighted by Gasteiger charge is -2.19. The number of nitriles is 1. The van der Waals surface area contributed by atoms with Crippen molar-refractivity contribution in [2.24, 2.45) is 0 Å². The predicted octanol–water partition coefficient (Wildman–Crippen LogP) is 3.24. The minimum atomic E-state index is 0.501. The van der Waals surface area contributed by atoms with Crippen LogP contribution in [-0.4, -0.2) is 18.6 Å². The van der Waals surface area contributed by atoms with E-state index in [9.17, 15) is 0 Å². The zero-order valence-corrected chi connectivity index (χ0v) is 10.3. The van der Waals surface area contributed by atoms with Gasteiger partial charge in [-0.25, -0.2) is 0 Å². The van der Waals surface area contributed by atoms with Gasteiger partial charge in [-0.05, 0) is 24.3 Å². The molecule has 2 aromatic rings. The molecule has 0 aliphatic rings. The Bertz CT molecular complexity index is 574. The van der Waals surface area contributed by atoms with Crippen LogP contribution in [0.3, 0.4) is 0 Å². The average Bonchev–Trinajstić information content (AvgIpc) is 2.35. The van der Waals surface area contributed by atoms with Crippen LogP contribution in [-0.2, 0) is 0 Å². The number of anilines is 1. The third-order valence-electron chi connectivity index (χ3n) is 2.65. The van der Waals surface area contributed by atoms with E-state index in [1.807, 2.05) is 36.2 Å². The molecular formula is C13H12ClN3. The van der Waals surface area contributed by atoms with Crippen molar-refractivity contribution in [3.8, 4) is 6.07 Å². The Hall–Kier alpha value is -1.79. The maximum absolute atomic E-state index is 8.61. The Labute approximate surface area is 105 Å². The lowest BCUT2D eigenvalue weighted by Crippen LogP contribution is -2.18. The number of rotatable bonds is 3. The molecule has 2 rings (SSSR count). The largest absolute Gasteiger partial charge is 0.373 e. The van der Waals surface area contributed by atoms with Gasteiger partial charge in [-0.3, -0.25) is 4.98 Å². The van der Waals surface area contributed by atoms with Gasteiger partial charge in [0, 0.05) is 35.9 Å². The van der Waals surface area contributed by atoms with Crippen molar-refractivity contribution in [3.63, 3.8) is 0 Å². The summed E-state index contributed by atoms with van der Waals surface area (Å²) in [7, 11) is 1.97. The van der Waals surface area contributed by atoms with Crippen molar-refractivity contribution in [2.75, 3.05) is 18.5 Å². The van der Waals surface area contributed by atoms with Crippen LogP contribution in [0.4, 0.5) is 5.69 Å². The van der Waals surface area contributed by atoms with Crippen LogP contribution in [0.5, 0.6) is 0 Å². The second-order valence-corrected chi connectivity index (χ2v) is 4.26. The van der Waals surface area contributed by atoms with E-state index in [-0.39, 0.29) is 0 Å². The number of nitrogens with zero attached hydrogens (tertiary/aromatic N) is 3. The van der Waals surface area contributed by atoms with Crippen molar-refractivity contribution in [1.82, 2.24) is 4.98 Å². The zero-order chi connectivity index (χ0) is 12.3. The molecule has 0 N–H and O–H groups in total. The van der Waals surface area contributed by atoms with Gasteiger partial charge < -0.3 is 4.90 Å². The molecule has 3 nitrogen and oxygen atoms in total. The minimum Gasteiger partial charge on any atom is -0.373 e. The van der Waals surface area contributed by atoms with Crippen molar-refractivity contribution in [3.05, 3.63) is 35.5 Å². The first kappa shape index (κ1) is 11.7. The lowest BCUT2D eigenvalue weighted by molar-refractivity contribution is 0.908. The van der Waals surface area contributed by atoms with Gasteiger partial charge in [0.1, 0.15) is 0 Å². The highest BCUT2D eigenvalue weighted by Gasteiger charge is 2.06. The van der Waals surface area contributed by atoms with E-state index >= 15 is 0 Å². The first-order valence-electron chi connectivity index (χ1n) is 5.35. The summed E-state index contributed by atoms with van der Waals surface area (Å²) in [5, 5.41) is 10.3. The third-order valence-corrected chi connectivity index (χ3v) is 2.89. The molecule has 1 aromatic carbocycles. The summed E-state index contributed by atoms with van der Waals surface area (Å²) in [5.74, 6) is 0. The summed E-state index contributed by atoms with van der Waals surface area (Å²) >= 11 is 6.00. The second kappa shape index (κ2) is 5.03. The van der Waals surface area contributed by atoms with E-state index in [4.69, 9.17) is 16.9 Å². The van der Waals surface area contributed by atoms with Crippen molar-refractivity contribution in [2.45, 2.75) is 6.42 Å². The third kappa shape index (κ3) is 2.48. The summed E-state index contributed by atoms with van der Waals surface area (Å²) < 4.78 is 0. The molecule has 0 bridgehead atoms. The molecule has 0 amide bonds. The fraction of sp³-hybridized carbons (Fsp3) is 0.231. The number of halogens is 1. The molecule has 1 heterocycles. The molecule has 17 heavy (non-hydrogen) atoms. The van der Waals surface area contributed by atoms with Gasteiger partial charge in [-0.2, -0.15) is 5.26 Å². The van der Waals surface area contributed by atoms with Gasteiger partial charge in [0.2, 0.25) is 0 Å². The molecular weight excluding hydrogens is 234 g/mol. The molecule has 0 radical (unpaired) electrons. The molecule has 0 atom stereocenters. The van der Waals surface area contributed by atoms with E-state index < -0.39 is 0 Å². The monoisotopic (exact) mass is 245 g/mol. The molecule has 0 saturated carbocycles. The maximum Gasteiger partial charge on any atom is 0.0723 e. The summed E-state index contributed by atoms with van der Waals surface area (Å²) in [5.41, 5.74) is 1.96. The second-order valence-electron chi connectivity index (χ2n) is 3.82. The normalized spacial score (nSPS) is 10.2. The van der Waals surface area contributed by atoms with Crippen molar-refractivity contribution < 1.29 is 0 Å². The Balaban J connectivity index is 2.46. The molecule has 0 unspecified atom stereocenters. The Morgan fingerprint density at radius 3 is 3.00 bits per heavy atom. The van der Waals surface area contributed by atoms with Gasteiger partial charge in [0.15, 0.2) is 0 Å². The van der Waals surface area contributed by atoms with Gasteiger partial charge in [0.25, 0.3) is 0 Å². The lowest BCUT2D eigenvalue weighted by atomic mass is 10.1. The fourth-order valence-electron chi connectivity index (χ4n) is 1.77. The molecule has 0 aliphatic carbocycles. The van der Waals surface area contributed by atoms with E-state index in [0.717, 1.165) is 16.6 Å². The molecule has 0 aliphatic heterocycles. The molecule has 86 valence electrons. The molecule has 0 spiro atoms. The number of pyridine rings is 1. The predicted molar refractivity (Wildman–Crippen MR) is 70.3 cm³/mol. The summed E-state index contributed by atoms with van der Waals surface area (Å²) in [6, 6.07) is 9.72. The molecule has 0 saturated heterocycles. The molecule has 4 heteroatoms. The van der Waals surface area contributed by atoms with Gasteiger partial charge in [0.05, 0.1) is 18.0 Å². The smallest absolute Gasteiger partial charge is 0.0723 e. The Morgan fingerprint density at radius 2 is 2.24 bits per heavy atom. The number of hydrogen-bond donors (Lipinski definition) is 0.